The van der Waals surface area contributed by atoms with Crippen molar-refractivity contribution in [1.82, 2.24) is 4.90 Å². The second-order valence-corrected chi connectivity index (χ2v) is 4.50. The number of hydrogen-bond acceptors (Lipinski definition) is 2. The van der Waals surface area contributed by atoms with Crippen LogP contribution in [0.5, 0.6) is 0 Å². The third-order valence-corrected chi connectivity index (χ3v) is 3.39. The molecule has 0 atom stereocenters. The number of methoxy groups -OCH3 is 1. The van der Waals surface area contributed by atoms with E-state index in [9.17, 15) is 4.79 Å². The zero-order valence-corrected chi connectivity index (χ0v) is 10.3. The normalized spacial score (nSPS) is 17.1. The minimum Gasteiger partial charge on any atom is -0.375 e. The molecular weight excluding hydrogens is 214 g/mol. The van der Waals surface area contributed by atoms with Gasteiger partial charge >= 0.3 is 0 Å². The molecular formula is C14H19NO2. The van der Waals surface area contributed by atoms with Crippen LogP contribution >= 0.6 is 0 Å². The molecule has 0 aliphatic carbocycles. The molecule has 92 valence electrons. The molecule has 0 spiro atoms. The first-order valence-corrected chi connectivity index (χ1v) is 6.13. The molecule has 0 bridgehead atoms. The van der Waals surface area contributed by atoms with Crippen molar-refractivity contribution in [2.45, 2.75) is 18.8 Å². The van der Waals surface area contributed by atoms with Crippen molar-refractivity contribution in [1.29, 1.82) is 0 Å². The molecule has 1 aromatic rings. The van der Waals surface area contributed by atoms with Crippen LogP contribution in [0.4, 0.5) is 0 Å². The van der Waals surface area contributed by atoms with E-state index in [1.165, 1.54) is 5.56 Å². The quantitative estimate of drug-likeness (QED) is 0.799. The van der Waals surface area contributed by atoms with Crippen LogP contribution in [0.25, 0.3) is 0 Å². The lowest BCUT2D eigenvalue weighted by molar-refractivity contribution is -0.136. The molecule has 0 saturated carbocycles. The van der Waals surface area contributed by atoms with Gasteiger partial charge in [0.1, 0.15) is 6.61 Å². The molecule has 1 amide bonds. The second kappa shape index (κ2) is 5.82. The maximum atomic E-state index is 11.6. The van der Waals surface area contributed by atoms with Crippen molar-refractivity contribution < 1.29 is 9.53 Å². The first-order valence-electron chi connectivity index (χ1n) is 6.13. The molecule has 3 nitrogen and oxygen atoms in total. The summed E-state index contributed by atoms with van der Waals surface area (Å²) >= 11 is 0. The van der Waals surface area contributed by atoms with Gasteiger partial charge in [0, 0.05) is 20.2 Å². The van der Waals surface area contributed by atoms with Gasteiger partial charge in [0.2, 0.25) is 5.91 Å². The summed E-state index contributed by atoms with van der Waals surface area (Å²) in [6.45, 7) is 1.90. The molecule has 1 saturated heterocycles. The molecule has 1 aliphatic rings. The third-order valence-electron chi connectivity index (χ3n) is 3.39. The third kappa shape index (κ3) is 3.07. The van der Waals surface area contributed by atoms with E-state index in [0.717, 1.165) is 25.9 Å². The molecule has 1 heterocycles. The lowest BCUT2D eigenvalue weighted by atomic mass is 9.89. The van der Waals surface area contributed by atoms with Crippen molar-refractivity contribution in [2.24, 2.45) is 0 Å². The van der Waals surface area contributed by atoms with Crippen LogP contribution < -0.4 is 0 Å². The van der Waals surface area contributed by atoms with Gasteiger partial charge in [-0.2, -0.15) is 0 Å². The fraction of sp³-hybridized carbons (Fsp3) is 0.500. The Balaban J connectivity index is 1.88. The summed E-state index contributed by atoms with van der Waals surface area (Å²) in [4.78, 5) is 13.5. The number of amides is 1. The lowest BCUT2D eigenvalue weighted by Crippen LogP contribution is -2.39. The molecule has 0 aromatic heterocycles. The van der Waals surface area contributed by atoms with Crippen LogP contribution in [0.3, 0.4) is 0 Å². The Bertz CT molecular complexity index is 356. The predicted octanol–water partition coefficient (Wildman–Crippen LogP) is 2.04. The molecule has 3 heteroatoms. The second-order valence-electron chi connectivity index (χ2n) is 4.50. The van der Waals surface area contributed by atoms with Gasteiger partial charge in [-0.1, -0.05) is 30.3 Å². The Hall–Kier alpha value is -1.35. The highest BCUT2D eigenvalue weighted by atomic mass is 16.5. The maximum Gasteiger partial charge on any atom is 0.248 e. The van der Waals surface area contributed by atoms with Crippen molar-refractivity contribution in [3.05, 3.63) is 35.9 Å². The average molecular weight is 233 g/mol. The number of nitrogens with zero attached hydrogens (tertiary/aromatic N) is 1. The average Bonchev–Trinajstić information content (AvgIpc) is 2.40. The summed E-state index contributed by atoms with van der Waals surface area (Å²) < 4.78 is 4.88. The molecule has 1 aromatic carbocycles. The molecule has 0 N–H and O–H groups in total. The molecule has 2 rings (SSSR count). The first kappa shape index (κ1) is 12.1. The minimum absolute atomic E-state index is 0.110. The maximum absolute atomic E-state index is 11.6. The molecule has 1 aliphatic heterocycles. The van der Waals surface area contributed by atoms with Gasteiger partial charge in [-0.15, -0.1) is 0 Å². The summed E-state index contributed by atoms with van der Waals surface area (Å²) in [5.41, 5.74) is 1.39. The Morgan fingerprint density at radius 1 is 1.29 bits per heavy atom. The molecule has 1 fully saturated rings. The van der Waals surface area contributed by atoms with E-state index in [0.29, 0.717) is 5.92 Å². The van der Waals surface area contributed by atoms with E-state index in [-0.39, 0.29) is 12.5 Å². The highest BCUT2D eigenvalue weighted by Gasteiger charge is 2.23. The topological polar surface area (TPSA) is 29.5 Å². The number of likely N-dealkylation sites (tertiary alicyclic amines) is 1. The Kier molecular flexibility index (Phi) is 4.15. The number of piperidine rings is 1. The molecule has 0 radical (unpaired) electrons. The van der Waals surface area contributed by atoms with E-state index >= 15 is 0 Å². The summed E-state index contributed by atoms with van der Waals surface area (Å²) in [7, 11) is 1.56. The summed E-state index contributed by atoms with van der Waals surface area (Å²) in [5.74, 6) is 0.710. The largest absolute Gasteiger partial charge is 0.375 e. The van der Waals surface area contributed by atoms with Crippen molar-refractivity contribution in [3.63, 3.8) is 0 Å². The summed E-state index contributed by atoms with van der Waals surface area (Å²) in [6, 6.07) is 10.6. The number of ether oxygens (including phenoxy) is 1. The SMILES string of the molecule is COCC(=O)N1CCC(c2ccccc2)CC1. The van der Waals surface area contributed by atoms with Gasteiger partial charge < -0.3 is 9.64 Å². The van der Waals surface area contributed by atoms with Gasteiger partial charge in [-0.25, -0.2) is 0 Å². The van der Waals surface area contributed by atoms with Crippen LogP contribution in [-0.2, 0) is 9.53 Å². The lowest BCUT2D eigenvalue weighted by Gasteiger charge is -2.32. The van der Waals surface area contributed by atoms with Gasteiger partial charge in [-0.3, -0.25) is 4.79 Å². The number of hydrogen-bond donors (Lipinski definition) is 0. The van der Waals surface area contributed by atoms with Gasteiger partial charge in [-0.05, 0) is 24.3 Å². The van der Waals surface area contributed by atoms with E-state index in [1.54, 1.807) is 7.11 Å². The van der Waals surface area contributed by atoms with Crippen LogP contribution in [0.15, 0.2) is 30.3 Å². The Labute approximate surface area is 102 Å². The monoisotopic (exact) mass is 233 g/mol. The fourth-order valence-electron chi connectivity index (χ4n) is 2.40. The van der Waals surface area contributed by atoms with Gasteiger partial charge in [0.15, 0.2) is 0 Å². The molecule has 0 unspecified atom stereocenters. The van der Waals surface area contributed by atoms with Crippen molar-refractivity contribution >= 4 is 5.91 Å². The fourth-order valence-corrected chi connectivity index (χ4v) is 2.40. The Morgan fingerprint density at radius 3 is 2.53 bits per heavy atom. The smallest absolute Gasteiger partial charge is 0.248 e. The first-order chi connectivity index (χ1) is 8.31. The van der Waals surface area contributed by atoms with E-state index in [2.05, 4.69) is 24.3 Å². The van der Waals surface area contributed by atoms with Crippen LogP contribution in [0.2, 0.25) is 0 Å². The van der Waals surface area contributed by atoms with Crippen LogP contribution in [0, 0.1) is 0 Å². The van der Waals surface area contributed by atoms with Gasteiger partial charge in [0.05, 0.1) is 0 Å². The number of carbonyl (C=O) groups excluding carboxylic acids is 1. The zero-order valence-electron chi connectivity index (χ0n) is 10.3. The van der Waals surface area contributed by atoms with Crippen LogP contribution in [-0.4, -0.2) is 37.6 Å². The van der Waals surface area contributed by atoms with Crippen molar-refractivity contribution in [3.8, 4) is 0 Å². The summed E-state index contributed by atoms with van der Waals surface area (Å²) in [6.07, 6.45) is 2.11. The molecule has 17 heavy (non-hydrogen) atoms. The highest BCUT2D eigenvalue weighted by molar-refractivity contribution is 5.77. The minimum atomic E-state index is 0.110. The number of carbonyl (C=O) groups is 1. The predicted molar refractivity (Wildman–Crippen MR) is 66.9 cm³/mol. The van der Waals surface area contributed by atoms with Crippen LogP contribution in [0.1, 0.15) is 24.3 Å². The Morgan fingerprint density at radius 2 is 1.94 bits per heavy atom. The van der Waals surface area contributed by atoms with Gasteiger partial charge in [0.25, 0.3) is 0 Å². The number of benzene rings is 1. The zero-order chi connectivity index (χ0) is 12.1. The number of rotatable bonds is 3. The van der Waals surface area contributed by atoms with Crippen molar-refractivity contribution in [2.75, 3.05) is 26.8 Å². The van der Waals surface area contributed by atoms with E-state index in [1.807, 2.05) is 11.0 Å². The standard InChI is InChI=1S/C14H19NO2/c1-17-11-14(16)15-9-7-13(8-10-15)12-5-3-2-4-6-12/h2-6,13H,7-11H2,1H3. The highest BCUT2D eigenvalue weighted by Crippen LogP contribution is 2.27. The summed E-state index contributed by atoms with van der Waals surface area (Å²) in [5, 5.41) is 0. The van der Waals surface area contributed by atoms with E-state index in [4.69, 9.17) is 4.74 Å². The van der Waals surface area contributed by atoms with E-state index < -0.39 is 0 Å².